The molecule has 1 aliphatic rings. The summed E-state index contributed by atoms with van der Waals surface area (Å²) >= 11 is 0. The molecule has 144 valence electrons. The average molecular weight is 376 g/mol. The number of carbonyl (C=O) groups excluding carboxylic acids is 1. The van der Waals surface area contributed by atoms with Crippen LogP contribution in [0.2, 0.25) is 0 Å². The zero-order chi connectivity index (χ0) is 19.7. The SMILES string of the molecule is COc1cccc(-n2cc(C(=O)N3CCC[C@@H](C)C3)c3ccccc3c2=O)c1. The zero-order valence-electron chi connectivity index (χ0n) is 16.2. The summed E-state index contributed by atoms with van der Waals surface area (Å²) in [6, 6.07) is 14.6. The highest BCUT2D eigenvalue weighted by molar-refractivity contribution is 6.06. The lowest BCUT2D eigenvalue weighted by Gasteiger charge is -2.31. The van der Waals surface area contributed by atoms with E-state index in [0.29, 0.717) is 33.7 Å². The van der Waals surface area contributed by atoms with Crippen molar-refractivity contribution in [1.82, 2.24) is 9.47 Å². The van der Waals surface area contributed by atoms with Gasteiger partial charge in [0.25, 0.3) is 11.5 Å². The maximum Gasteiger partial charge on any atom is 0.262 e. The topological polar surface area (TPSA) is 51.5 Å². The standard InChI is InChI=1S/C23H24N2O3/c1-16-7-6-12-24(14-16)22(26)21-15-25(17-8-5-9-18(13-17)28-2)23(27)20-11-4-3-10-19(20)21/h3-5,8-11,13,15-16H,6-7,12,14H2,1-2H3/t16-/m1/s1. The Morgan fingerprint density at radius 3 is 2.64 bits per heavy atom. The van der Waals surface area contributed by atoms with Gasteiger partial charge in [-0.15, -0.1) is 0 Å². The number of pyridine rings is 1. The molecule has 0 bridgehead atoms. The number of benzene rings is 2. The molecule has 1 atom stereocenters. The van der Waals surface area contributed by atoms with Crippen LogP contribution in [0.4, 0.5) is 0 Å². The van der Waals surface area contributed by atoms with Crippen LogP contribution in [0.5, 0.6) is 5.75 Å². The second kappa shape index (κ2) is 7.50. The highest BCUT2D eigenvalue weighted by atomic mass is 16.5. The summed E-state index contributed by atoms with van der Waals surface area (Å²) in [4.78, 5) is 28.4. The van der Waals surface area contributed by atoms with Gasteiger partial charge in [-0.1, -0.05) is 31.2 Å². The van der Waals surface area contributed by atoms with Crippen LogP contribution < -0.4 is 10.3 Å². The van der Waals surface area contributed by atoms with E-state index >= 15 is 0 Å². The van der Waals surface area contributed by atoms with Gasteiger partial charge in [0, 0.05) is 36.1 Å². The number of fused-ring (bicyclic) bond motifs is 1. The summed E-state index contributed by atoms with van der Waals surface area (Å²) < 4.78 is 6.84. The van der Waals surface area contributed by atoms with Gasteiger partial charge in [-0.05, 0) is 37.0 Å². The molecule has 28 heavy (non-hydrogen) atoms. The highest BCUT2D eigenvalue weighted by Crippen LogP contribution is 2.23. The highest BCUT2D eigenvalue weighted by Gasteiger charge is 2.24. The Morgan fingerprint density at radius 2 is 1.89 bits per heavy atom. The summed E-state index contributed by atoms with van der Waals surface area (Å²) in [5, 5.41) is 1.25. The monoisotopic (exact) mass is 376 g/mol. The van der Waals surface area contributed by atoms with Crippen LogP contribution >= 0.6 is 0 Å². The van der Waals surface area contributed by atoms with Crippen molar-refractivity contribution >= 4 is 16.7 Å². The quantitative estimate of drug-likeness (QED) is 0.697. The van der Waals surface area contributed by atoms with Crippen LogP contribution in [-0.2, 0) is 0 Å². The van der Waals surface area contributed by atoms with E-state index in [4.69, 9.17) is 4.74 Å². The van der Waals surface area contributed by atoms with Gasteiger partial charge in [-0.3, -0.25) is 14.2 Å². The molecule has 3 aromatic rings. The minimum Gasteiger partial charge on any atom is -0.497 e. The minimum absolute atomic E-state index is 0.0144. The Kier molecular flexibility index (Phi) is 4.90. The molecule has 0 unspecified atom stereocenters. The number of rotatable bonds is 3. The minimum atomic E-state index is -0.146. The van der Waals surface area contributed by atoms with Crippen LogP contribution in [0.25, 0.3) is 16.5 Å². The van der Waals surface area contributed by atoms with Gasteiger partial charge in [0.1, 0.15) is 5.75 Å². The van der Waals surface area contributed by atoms with Gasteiger partial charge >= 0.3 is 0 Å². The van der Waals surface area contributed by atoms with Crippen LogP contribution in [0, 0.1) is 5.92 Å². The van der Waals surface area contributed by atoms with E-state index in [1.54, 1.807) is 30.0 Å². The lowest BCUT2D eigenvalue weighted by Crippen LogP contribution is -2.39. The predicted octanol–water partition coefficient (Wildman–Crippen LogP) is 3.87. The predicted molar refractivity (Wildman–Crippen MR) is 110 cm³/mol. The molecule has 2 aromatic carbocycles. The first-order valence-electron chi connectivity index (χ1n) is 9.66. The summed E-state index contributed by atoms with van der Waals surface area (Å²) in [5.74, 6) is 1.14. The number of hydrogen-bond acceptors (Lipinski definition) is 3. The Labute approximate surface area is 164 Å². The van der Waals surface area contributed by atoms with Crippen LogP contribution in [0.15, 0.2) is 59.5 Å². The second-order valence-electron chi connectivity index (χ2n) is 7.46. The average Bonchev–Trinajstić information content (AvgIpc) is 2.74. The summed E-state index contributed by atoms with van der Waals surface area (Å²) in [7, 11) is 1.59. The van der Waals surface area contributed by atoms with Crippen LogP contribution in [0.3, 0.4) is 0 Å². The first-order valence-corrected chi connectivity index (χ1v) is 9.66. The summed E-state index contributed by atoms with van der Waals surface area (Å²) in [6.07, 6.45) is 3.84. The maximum atomic E-state index is 13.4. The lowest BCUT2D eigenvalue weighted by atomic mass is 9.98. The molecular formula is C23H24N2O3. The largest absolute Gasteiger partial charge is 0.497 e. The molecule has 1 aliphatic heterocycles. The van der Waals surface area contributed by atoms with Crippen LogP contribution in [0.1, 0.15) is 30.1 Å². The number of carbonyl (C=O) groups is 1. The number of methoxy groups -OCH3 is 1. The Bertz CT molecular complexity index is 1090. The van der Waals surface area contributed by atoms with Crippen molar-refractivity contribution in [1.29, 1.82) is 0 Å². The molecule has 5 heteroatoms. The van der Waals surface area contributed by atoms with Crippen molar-refractivity contribution in [2.45, 2.75) is 19.8 Å². The van der Waals surface area contributed by atoms with E-state index in [2.05, 4.69) is 6.92 Å². The maximum absolute atomic E-state index is 13.4. The lowest BCUT2D eigenvalue weighted by molar-refractivity contribution is 0.0684. The Morgan fingerprint density at radius 1 is 1.11 bits per heavy atom. The fourth-order valence-corrected chi connectivity index (χ4v) is 3.96. The number of aromatic nitrogens is 1. The second-order valence-corrected chi connectivity index (χ2v) is 7.46. The number of nitrogens with zero attached hydrogens (tertiary/aromatic N) is 2. The van der Waals surface area contributed by atoms with Crippen molar-refractivity contribution < 1.29 is 9.53 Å². The summed E-state index contributed by atoms with van der Waals surface area (Å²) in [6.45, 7) is 3.69. The Balaban J connectivity index is 1.89. The van der Waals surface area contributed by atoms with Crippen molar-refractivity contribution in [2.75, 3.05) is 20.2 Å². The molecule has 0 aliphatic carbocycles. The van der Waals surface area contributed by atoms with Gasteiger partial charge in [-0.25, -0.2) is 0 Å². The molecule has 0 radical (unpaired) electrons. The van der Waals surface area contributed by atoms with Crippen molar-refractivity contribution in [3.63, 3.8) is 0 Å². The molecule has 1 amide bonds. The number of hydrogen-bond donors (Lipinski definition) is 0. The number of piperidine rings is 1. The smallest absolute Gasteiger partial charge is 0.262 e. The molecule has 0 saturated carbocycles. The molecule has 2 heterocycles. The number of amides is 1. The van der Waals surface area contributed by atoms with E-state index in [1.165, 1.54) is 0 Å². The van der Waals surface area contributed by atoms with Crippen molar-refractivity contribution in [3.05, 3.63) is 70.6 Å². The molecule has 1 aromatic heterocycles. The Hall–Kier alpha value is -3.08. The number of likely N-dealkylation sites (tertiary alicyclic amines) is 1. The van der Waals surface area contributed by atoms with Crippen LogP contribution in [-0.4, -0.2) is 35.6 Å². The summed E-state index contributed by atoms with van der Waals surface area (Å²) in [5.41, 5.74) is 1.09. The zero-order valence-corrected chi connectivity index (χ0v) is 16.2. The molecular weight excluding hydrogens is 352 g/mol. The molecule has 5 nitrogen and oxygen atoms in total. The molecule has 1 fully saturated rings. The van der Waals surface area contributed by atoms with E-state index in [1.807, 2.05) is 41.3 Å². The molecule has 1 saturated heterocycles. The molecule has 4 rings (SSSR count). The normalized spacial score (nSPS) is 16.9. The fourth-order valence-electron chi connectivity index (χ4n) is 3.96. The van der Waals surface area contributed by atoms with Gasteiger partial charge in [0.05, 0.1) is 18.4 Å². The van der Waals surface area contributed by atoms with Crippen molar-refractivity contribution in [3.8, 4) is 11.4 Å². The first-order chi connectivity index (χ1) is 13.6. The third-order valence-electron chi connectivity index (χ3n) is 5.43. The van der Waals surface area contributed by atoms with Gasteiger partial charge in [0.15, 0.2) is 0 Å². The van der Waals surface area contributed by atoms with E-state index < -0.39 is 0 Å². The third-order valence-corrected chi connectivity index (χ3v) is 5.43. The molecule has 0 spiro atoms. The van der Waals surface area contributed by atoms with E-state index in [9.17, 15) is 9.59 Å². The fraction of sp³-hybridized carbons (Fsp3) is 0.304. The third kappa shape index (κ3) is 3.28. The number of ether oxygens (including phenoxy) is 1. The van der Waals surface area contributed by atoms with E-state index in [-0.39, 0.29) is 11.5 Å². The van der Waals surface area contributed by atoms with Crippen molar-refractivity contribution in [2.24, 2.45) is 5.92 Å². The molecule has 0 N–H and O–H groups in total. The van der Waals surface area contributed by atoms with Gasteiger partial charge in [0.2, 0.25) is 0 Å². The first kappa shape index (κ1) is 18.3. The van der Waals surface area contributed by atoms with E-state index in [0.717, 1.165) is 25.9 Å². The van der Waals surface area contributed by atoms with Gasteiger partial charge in [-0.2, -0.15) is 0 Å². The van der Waals surface area contributed by atoms with Gasteiger partial charge < -0.3 is 9.64 Å².